The van der Waals surface area contributed by atoms with Gasteiger partial charge < -0.3 is 0 Å². The largest absolute Gasteiger partial charge is 0.294 e. The van der Waals surface area contributed by atoms with Gasteiger partial charge in [0.15, 0.2) is 5.78 Å². The highest BCUT2D eigenvalue weighted by atomic mass is 16.1. The molecule has 0 amide bonds. The van der Waals surface area contributed by atoms with Crippen LogP contribution in [0.3, 0.4) is 0 Å². The molecule has 122 valence electrons. The molecule has 2 saturated carbocycles. The van der Waals surface area contributed by atoms with E-state index in [2.05, 4.69) is 45.6 Å². The first kappa shape index (κ1) is 18.7. The summed E-state index contributed by atoms with van der Waals surface area (Å²) in [5.74, 6) is 1.34. The molecule has 0 heterocycles. The Balaban J connectivity index is 0.00000116. The fourth-order valence-corrected chi connectivity index (χ4v) is 3.62. The molecule has 3 atom stereocenters. The first-order valence-electron chi connectivity index (χ1n) is 8.70. The third-order valence-corrected chi connectivity index (χ3v) is 5.09. The molecule has 1 nitrogen and oxygen atoms in total. The second-order valence-electron chi connectivity index (χ2n) is 6.57. The third kappa shape index (κ3) is 3.51. The summed E-state index contributed by atoms with van der Waals surface area (Å²) in [7, 11) is 0. The van der Waals surface area contributed by atoms with E-state index in [0.717, 1.165) is 29.6 Å². The molecular weight excluding hydrogens is 268 g/mol. The summed E-state index contributed by atoms with van der Waals surface area (Å²) >= 11 is 0. The first-order valence-corrected chi connectivity index (χ1v) is 8.70. The van der Waals surface area contributed by atoms with Gasteiger partial charge in [0, 0.05) is 5.41 Å². The number of Topliss-reactive ketones (excluding diaryl/α,β-unsaturated/α-hetero) is 1. The molecule has 0 N–H and O–H groups in total. The smallest absolute Gasteiger partial charge is 0.165 e. The molecule has 0 aromatic carbocycles. The van der Waals surface area contributed by atoms with Crippen LogP contribution in [-0.2, 0) is 4.79 Å². The number of fused-ring (bicyclic) bond motifs is 2. The number of hydrogen-bond acceptors (Lipinski definition) is 1. The van der Waals surface area contributed by atoms with Crippen molar-refractivity contribution in [3.8, 4) is 0 Å². The van der Waals surface area contributed by atoms with Crippen molar-refractivity contribution in [2.24, 2.45) is 17.3 Å². The molecule has 2 bridgehead atoms. The summed E-state index contributed by atoms with van der Waals surface area (Å²) in [6, 6.07) is 0. The molecular formula is C21H32O. The van der Waals surface area contributed by atoms with E-state index in [1.807, 2.05) is 26.8 Å². The highest BCUT2D eigenvalue weighted by Crippen LogP contribution is 2.58. The number of ketones is 1. The van der Waals surface area contributed by atoms with Gasteiger partial charge in [0.05, 0.1) is 0 Å². The van der Waals surface area contributed by atoms with Gasteiger partial charge in [-0.25, -0.2) is 0 Å². The predicted octanol–water partition coefficient (Wildman–Crippen LogP) is 6.04. The lowest BCUT2D eigenvalue weighted by Crippen LogP contribution is -2.25. The summed E-state index contributed by atoms with van der Waals surface area (Å²) in [5.41, 5.74) is 3.12. The summed E-state index contributed by atoms with van der Waals surface area (Å²) in [4.78, 5) is 12.6. The van der Waals surface area contributed by atoms with Crippen molar-refractivity contribution in [2.45, 2.75) is 60.8 Å². The van der Waals surface area contributed by atoms with Crippen LogP contribution in [0.4, 0.5) is 0 Å². The fraction of sp³-hybridized carbons (Fsp3) is 0.571. The van der Waals surface area contributed by atoms with Gasteiger partial charge in [-0.05, 0) is 55.2 Å². The van der Waals surface area contributed by atoms with Gasteiger partial charge in [0.25, 0.3) is 0 Å². The first-order chi connectivity index (χ1) is 10.4. The Hall–Kier alpha value is -1.37. The normalized spacial score (nSPS) is 32.5. The number of carbonyl (C=O) groups excluding carboxylic acids is 1. The topological polar surface area (TPSA) is 17.1 Å². The zero-order valence-electron chi connectivity index (χ0n) is 15.2. The summed E-state index contributed by atoms with van der Waals surface area (Å²) in [5, 5.41) is 0. The van der Waals surface area contributed by atoms with Crippen LogP contribution < -0.4 is 0 Å². The standard InChI is InChI=1S/C19H26O.C2H6/c1-6-7-15(9-8-13(2)3)12-17-16-10-11-19(5,14(16)4)18(17)20;1-2/h7-9,12,14,16H,2,6,10-11H2,1,3-5H3;1-2H3/b9-8-,15-7+,17-12+;. The average Bonchev–Trinajstić information content (AvgIpc) is 2.88. The van der Waals surface area contributed by atoms with E-state index in [4.69, 9.17) is 0 Å². The summed E-state index contributed by atoms with van der Waals surface area (Å²) in [6.45, 7) is 16.4. The van der Waals surface area contributed by atoms with E-state index in [1.54, 1.807) is 0 Å². The van der Waals surface area contributed by atoms with Gasteiger partial charge in [0.1, 0.15) is 0 Å². The molecule has 2 aliphatic carbocycles. The predicted molar refractivity (Wildman–Crippen MR) is 96.8 cm³/mol. The van der Waals surface area contributed by atoms with Crippen LogP contribution in [0.2, 0.25) is 0 Å². The van der Waals surface area contributed by atoms with Crippen molar-refractivity contribution in [1.82, 2.24) is 0 Å². The molecule has 2 aliphatic rings. The molecule has 2 fully saturated rings. The Morgan fingerprint density at radius 1 is 1.36 bits per heavy atom. The highest BCUT2D eigenvalue weighted by molar-refractivity contribution is 6.04. The van der Waals surface area contributed by atoms with Gasteiger partial charge in [-0.3, -0.25) is 4.79 Å². The lowest BCUT2D eigenvalue weighted by atomic mass is 9.80. The number of allylic oxidation sites excluding steroid dienone is 7. The Morgan fingerprint density at radius 2 is 2.00 bits per heavy atom. The summed E-state index contributed by atoms with van der Waals surface area (Å²) in [6.07, 6.45) is 11.6. The average molecular weight is 300 g/mol. The van der Waals surface area contributed by atoms with Gasteiger partial charge in [-0.1, -0.05) is 65.0 Å². The zero-order chi connectivity index (χ0) is 16.9. The lowest BCUT2D eigenvalue weighted by Gasteiger charge is -2.22. The van der Waals surface area contributed by atoms with Gasteiger partial charge in [0.2, 0.25) is 0 Å². The monoisotopic (exact) mass is 300 g/mol. The zero-order valence-corrected chi connectivity index (χ0v) is 15.2. The van der Waals surface area contributed by atoms with Crippen molar-refractivity contribution in [3.05, 3.63) is 47.6 Å². The van der Waals surface area contributed by atoms with Gasteiger partial charge in [-0.15, -0.1) is 0 Å². The second-order valence-corrected chi connectivity index (χ2v) is 6.57. The van der Waals surface area contributed by atoms with Crippen LogP contribution in [0.25, 0.3) is 0 Å². The third-order valence-electron chi connectivity index (χ3n) is 5.09. The summed E-state index contributed by atoms with van der Waals surface area (Å²) < 4.78 is 0. The Morgan fingerprint density at radius 3 is 2.45 bits per heavy atom. The maximum atomic E-state index is 12.6. The quantitative estimate of drug-likeness (QED) is 0.457. The minimum atomic E-state index is -0.105. The Labute approximate surface area is 136 Å². The molecule has 3 unspecified atom stereocenters. The van der Waals surface area contributed by atoms with E-state index < -0.39 is 0 Å². The minimum Gasteiger partial charge on any atom is -0.294 e. The fourth-order valence-electron chi connectivity index (χ4n) is 3.62. The van der Waals surface area contributed by atoms with E-state index >= 15 is 0 Å². The molecule has 1 heteroatoms. The molecule has 0 saturated heterocycles. The number of carbonyl (C=O) groups is 1. The number of rotatable bonds is 4. The minimum absolute atomic E-state index is 0.105. The van der Waals surface area contributed by atoms with Crippen molar-refractivity contribution < 1.29 is 4.79 Å². The van der Waals surface area contributed by atoms with Crippen molar-refractivity contribution in [2.75, 3.05) is 0 Å². The molecule has 2 rings (SSSR count). The van der Waals surface area contributed by atoms with Crippen LogP contribution in [0, 0.1) is 17.3 Å². The van der Waals surface area contributed by atoms with Crippen LogP contribution in [0.15, 0.2) is 47.6 Å². The SMILES string of the molecule is C=C(C)\C=C/C(=C\CC)/C=C1/C(=O)C2(C)CCC1C2C.CC. The second kappa shape index (κ2) is 7.76. The van der Waals surface area contributed by atoms with Crippen molar-refractivity contribution in [3.63, 3.8) is 0 Å². The molecule has 0 aliphatic heterocycles. The van der Waals surface area contributed by atoms with Gasteiger partial charge in [-0.2, -0.15) is 0 Å². The molecule has 22 heavy (non-hydrogen) atoms. The van der Waals surface area contributed by atoms with Gasteiger partial charge >= 0.3 is 0 Å². The van der Waals surface area contributed by atoms with E-state index in [9.17, 15) is 4.79 Å². The Kier molecular flexibility index (Phi) is 6.59. The van der Waals surface area contributed by atoms with Crippen LogP contribution in [0.1, 0.15) is 60.8 Å². The van der Waals surface area contributed by atoms with Crippen LogP contribution in [0.5, 0.6) is 0 Å². The lowest BCUT2D eigenvalue weighted by molar-refractivity contribution is -0.123. The molecule has 0 spiro atoms. The molecule has 0 aromatic rings. The van der Waals surface area contributed by atoms with Crippen LogP contribution in [-0.4, -0.2) is 5.78 Å². The maximum Gasteiger partial charge on any atom is 0.165 e. The number of hydrogen-bond donors (Lipinski definition) is 0. The van der Waals surface area contributed by atoms with E-state index in [-0.39, 0.29) is 5.41 Å². The molecule has 0 radical (unpaired) electrons. The van der Waals surface area contributed by atoms with E-state index in [1.165, 1.54) is 6.42 Å². The maximum absolute atomic E-state index is 12.6. The highest BCUT2D eigenvalue weighted by Gasteiger charge is 2.56. The molecule has 0 aromatic heterocycles. The Bertz CT molecular complexity index is 518. The van der Waals surface area contributed by atoms with Crippen LogP contribution >= 0.6 is 0 Å². The van der Waals surface area contributed by atoms with E-state index in [0.29, 0.717) is 17.6 Å². The van der Waals surface area contributed by atoms with Crippen molar-refractivity contribution >= 4 is 5.78 Å². The van der Waals surface area contributed by atoms with Crippen molar-refractivity contribution in [1.29, 1.82) is 0 Å².